The molecular weight excluding hydrogens is 202 g/mol. The molecule has 0 aliphatic heterocycles. The Morgan fingerprint density at radius 2 is 1.75 bits per heavy atom. The summed E-state index contributed by atoms with van der Waals surface area (Å²) in [7, 11) is 0. The molecule has 0 bridgehead atoms. The molecule has 3 nitrogen and oxygen atoms in total. The third-order valence-electron chi connectivity index (χ3n) is 3.60. The Labute approximate surface area is 98.7 Å². The van der Waals surface area contributed by atoms with Gasteiger partial charge in [0.05, 0.1) is 6.61 Å². The van der Waals surface area contributed by atoms with Gasteiger partial charge in [-0.15, -0.1) is 0 Å². The lowest BCUT2D eigenvalue weighted by Gasteiger charge is -2.27. The van der Waals surface area contributed by atoms with E-state index in [1.54, 1.807) is 0 Å². The van der Waals surface area contributed by atoms with E-state index in [1.165, 1.54) is 32.1 Å². The smallest absolute Gasteiger partial charge is 0.305 e. The van der Waals surface area contributed by atoms with E-state index >= 15 is 0 Å². The summed E-state index contributed by atoms with van der Waals surface area (Å²) in [6, 6.07) is 0. The van der Waals surface area contributed by atoms with Gasteiger partial charge in [0.2, 0.25) is 0 Å². The fourth-order valence-electron chi connectivity index (χ4n) is 2.60. The van der Waals surface area contributed by atoms with Crippen molar-refractivity contribution < 1.29 is 9.53 Å². The van der Waals surface area contributed by atoms with Gasteiger partial charge >= 0.3 is 5.97 Å². The van der Waals surface area contributed by atoms with Crippen molar-refractivity contribution in [2.24, 2.45) is 17.6 Å². The minimum Gasteiger partial charge on any atom is -0.466 e. The Kier molecular flexibility index (Phi) is 6.46. The molecular formula is C13H25NO2. The van der Waals surface area contributed by atoms with Crippen molar-refractivity contribution in [3.05, 3.63) is 0 Å². The van der Waals surface area contributed by atoms with Gasteiger partial charge in [-0.25, -0.2) is 0 Å². The first kappa shape index (κ1) is 13.5. The predicted octanol–water partition coefficient (Wildman–Crippen LogP) is 2.48. The first-order chi connectivity index (χ1) is 7.76. The standard InChI is InChI=1S/C13H25NO2/c1-2-16-13(15)8-7-11-3-5-12(6-4-11)9-10-14/h11-12H,2-10,14H2,1H3. The third-order valence-corrected chi connectivity index (χ3v) is 3.60. The molecule has 0 unspecified atom stereocenters. The second kappa shape index (κ2) is 7.66. The lowest BCUT2D eigenvalue weighted by molar-refractivity contribution is -0.143. The van der Waals surface area contributed by atoms with Crippen molar-refractivity contribution in [1.82, 2.24) is 0 Å². The van der Waals surface area contributed by atoms with Gasteiger partial charge in [-0.1, -0.05) is 25.7 Å². The summed E-state index contributed by atoms with van der Waals surface area (Å²) < 4.78 is 4.94. The zero-order valence-electron chi connectivity index (χ0n) is 10.4. The fraction of sp³-hybridized carbons (Fsp3) is 0.923. The van der Waals surface area contributed by atoms with Crippen LogP contribution in [0, 0.1) is 11.8 Å². The van der Waals surface area contributed by atoms with Gasteiger partial charge in [0.15, 0.2) is 0 Å². The summed E-state index contributed by atoms with van der Waals surface area (Å²) >= 11 is 0. The maximum atomic E-state index is 11.2. The predicted molar refractivity (Wildman–Crippen MR) is 65.0 cm³/mol. The van der Waals surface area contributed by atoms with Gasteiger partial charge in [0.1, 0.15) is 0 Å². The largest absolute Gasteiger partial charge is 0.466 e. The number of carbonyl (C=O) groups is 1. The molecule has 0 aromatic rings. The number of hydrogen-bond acceptors (Lipinski definition) is 3. The Morgan fingerprint density at radius 3 is 2.25 bits per heavy atom. The zero-order valence-corrected chi connectivity index (χ0v) is 10.4. The quantitative estimate of drug-likeness (QED) is 0.709. The number of carbonyl (C=O) groups excluding carboxylic acids is 1. The SMILES string of the molecule is CCOC(=O)CCC1CCC(CCN)CC1. The summed E-state index contributed by atoms with van der Waals surface area (Å²) in [5.74, 6) is 1.54. The second-order valence-electron chi connectivity index (χ2n) is 4.81. The molecule has 94 valence electrons. The molecule has 3 heteroatoms. The van der Waals surface area contributed by atoms with Gasteiger partial charge in [0, 0.05) is 6.42 Å². The van der Waals surface area contributed by atoms with Crippen molar-refractivity contribution in [3.63, 3.8) is 0 Å². The Balaban J connectivity index is 2.10. The van der Waals surface area contributed by atoms with E-state index in [4.69, 9.17) is 10.5 Å². The van der Waals surface area contributed by atoms with E-state index in [-0.39, 0.29) is 5.97 Å². The zero-order chi connectivity index (χ0) is 11.8. The molecule has 1 aliphatic rings. The summed E-state index contributed by atoms with van der Waals surface area (Å²) in [5, 5.41) is 0. The molecule has 16 heavy (non-hydrogen) atoms. The van der Waals surface area contributed by atoms with Gasteiger partial charge in [0.25, 0.3) is 0 Å². The molecule has 1 fully saturated rings. The van der Waals surface area contributed by atoms with Crippen LogP contribution in [-0.4, -0.2) is 19.1 Å². The summed E-state index contributed by atoms with van der Waals surface area (Å²) in [6.45, 7) is 3.18. The van der Waals surface area contributed by atoms with E-state index in [0.29, 0.717) is 13.0 Å². The minimum atomic E-state index is -0.0356. The van der Waals surface area contributed by atoms with E-state index in [9.17, 15) is 4.79 Å². The molecule has 0 aromatic carbocycles. The van der Waals surface area contributed by atoms with Crippen LogP contribution in [0.5, 0.6) is 0 Å². The number of rotatable bonds is 6. The van der Waals surface area contributed by atoms with E-state index in [2.05, 4.69) is 0 Å². The van der Waals surface area contributed by atoms with Crippen LogP contribution < -0.4 is 5.73 Å². The average Bonchev–Trinajstić information content (AvgIpc) is 2.29. The highest BCUT2D eigenvalue weighted by Crippen LogP contribution is 2.32. The molecule has 0 atom stereocenters. The highest BCUT2D eigenvalue weighted by atomic mass is 16.5. The molecule has 2 N–H and O–H groups in total. The molecule has 1 saturated carbocycles. The van der Waals surface area contributed by atoms with Crippen LogP contribution in [0.15, 0.2) is 0 Å². The molecule has 0 heterocycles. The second-order valence-corrected chi connectivity index (χ2v) is 4.81. The van der Waals surface area contributed by atoms with Gasteiger partial charge in [-0.2, -0.15) is 0 Å². The maximum absolute atomic E-state index is 11.2. The first-order valence-electron chi connectivity index (χ1n) is 6.62. The van der Waals surface area contributed by atoms with E-state index in [0.717, 1.165) is 24.8 Å². The van der Waals surface area contributed by atoms with Crippen LogP contribution in [0.2, 0.25) is 0 Å². The van der Waals surface area contributed by atoms with Crippen LogP contribution >= 0.6 is 0 Å². The van der Waals surface area contributed by atoms with Crippen molar-refractivity contribution >= 4 is 5.97 Å². The number of nitrogens with two attached hydrogens (primary N) is 1. The van der Waals surface area contributed by atoms with Gasteiger partial charge in [-0.05, 0) is 38.1 Å². The molecule has 1 aliphatic carbocycles. The van der Waals surface area contributed by atoms with Crippen molar-refractivity contribution in [1.29, 1.82) is 0 Å². The van der Waals surface area contributed by atoms with Gasteiger partial charge in [-0.3, -0.25) is 4.79 Å². The molecule has 0 saturated heterocycles. The highest BCUT2D eigenvalue weighted by molar-refractivity contribution is 5.69. The fourth-order valence-corrected chi connectivity index (χ4v) is 2.60. The summed E-state index contributed by atoms with van der Waals surface area (Å²) in [6.07, 6.45) is 7.91. The number of hydrogen-bond donors (Lipinski definition) is 1. The van der Waals surface area contributed by atoms with Crippen molar-refractivity contribution in [2.45, 2.75) is 51.9 Å². The Bertz CT molecular complexity index is 198. The Morgan fingerprint density at radius 1 is 1.19 bits per heavy atom. The van der Waals surface area contributed by atoms with Crippen LogP contribution in [-0.2, 0) is 9.53 Å². The minimum absolute atomic E-state index is 0.0356. The summed E-state index contributed by atoms with van der Waals surface area (Å²) in [5.41, 5.74) is 5.56. The Hall–Kier alpha value is -0.570. The lowest BCUT2D eigenvalue weighted by Crippen LogP contribution is -2.18. The normalized spacial score (nSPS) is 25.4. The van der Waals surface area contributed by atoms with Crippen LogP contribution in [0.3, 0.4) is 0 Å². The monoisotopic (exact) mass is 227 g/mol. The number of ether oxygens (including phenoxy) is 1. The third kappa shape index (κ3) is 4.97. The molecule has 0 amide bonds. The molecule has 1 rings (SSSR count). The van der Waals surface area contributed by atoms with Crippen LogP contribution in [0.1, 0.15) is 51.9 Å². The number of esters is 1. The average molecular weight is 227 g/mol. The first-order valence-corrected chi connectivity index (χ1v) is 6.62. The lowest BCUT2D eigenvalue weighted by atomic mass is 9.79. The van der Waals surface area contributed by atoms with Crippen LogP contribution in [0.25, 0.3) is 0 Å². The molecule has 0 radical (unpaired) electrons. The van der Waals surface area contributed by atoms with E-state index < -0.39 is 0 Å². The maximum Gasteiger partial charge on any atom is 0.305 e. The van der Waals surface area contributed by atoms with Crippen molar-refractivity contribution in [2.75, 3.05) is 13.2 Å². The van der Waals surface area contributed by atoms with Gasteiger partial charge < -0.3 is 10.5 Å². The summed E-state index contributed by atoms with van der Waals surface area (Å²) in [4.78, 5) is 11.2. The van der Waals surface area contributed by atoms with Crippen LogP contribution in [0.4, 0.5) is 0 Å². The molecule has 0 spiro atoms. The van der Waals surface area contributed by atoms with E-state index in [1.807, 2.05) is 6.92 Å². The van der Waals surface area contributed by atoms with Crippen molar-refractivity contribution in [3.8, 4) is 0 Å². The molecule has 0 aromatic heterocycles. The highest BCUT2D eigenvalue weighted by Gasteiger charge is 2.21. The topological polar surface area (TPSA) is 52.3 Å².